The summed E-state index contributed by atoms with van der Waals surface area (Å²) in [5.74, 6) is 0. The van der Waals surface area contributed by atoms with Crippen LogP contribution in [0, 0.1) is 13.8 Å². The molecule has 2 aromatic rings. The Labute approximate surface area is 120 Å². The standard InChI is InChI=1S/2C6H7NO.2C2H6/c2*1-5-2-3-6(8)7-4-5;2*1-2/h2*2-4H,1H3,(H,7,8);2*1-2H3. The zero-order valence-corrected chi connectivity index (χ0v) is 13.3. The zero-order chi connectivity index (χ0) is 16.0. The van der Waals surface area contributed by atoms with Gasteiger partial charge in [-0.25, -0.2) is 0 Å². The average molecular weight is 278 g/mol. The summed E-state index contributed by atoms with van der Waals surface area (Å²) < 4.78 is 0. The van der Waals surface area contributed by atoms with Crippen molar-refractivity contribution in [2.75, 3.05) is 0 Å². The number of hydrogen-bond donors (Lipinski definition) is 2. The van der Waals surface area contributed by atoms with Crippen molar-refractivity contribution in [2.24, 2.45) is 0 Å². The van der Waals surface area contributed by atoms with Crippen molar-refractivity contribution in [3.8, 4) is 0 Å². The minimum atomic E-state index is -0.0457. The van der Waals surface area contributed by atoms with Crippen molar-refractivity contribution < 1.29 is 0 Å². The molecule has 0 aromatic carbocycles. The van der Waals surface area contributed by atoms with Crippen molar-refractivity contribution >= 4 is 0 Å². The summed E-state index contributed by atoms with van der Waals surface area (Å²) in [6.45, 7) is 11.9. The first-order chi connectivity index (χ1) is 9.58. The van der Waals surface area contributed by atoms with Crippen molar-refractivity contribution in [1.82, 2.24) is 9.97 Å². The monoisotopic (exact) mass is 278 g/mol. The van der Waals surface area contributed by atoms with Crippen LogP contribution in [0.2, 0.25) is 0 Å². The van der Waals surface area contributed by atoms with Gasteiger partial charge in [-0.15, -0.1) is 0 Å². The quantitative estimate of drug-likeness (QED) is 0.775. The summed E-state index contributed by atoms with van der Waals surface area (Å²) in [5.41, 5.74) is 2.06. The van der Waals surface area contributed by atoms with Gasteiger partial charge in [-0.3, -0.25) is 9.59 Å². The SMILES string of the molecule is CC.CC.Cc1ccc(=O)[nH]c1.Cc1ccc(=O)[nH]c1. The van der Waals surface area contributed by atoms with Crippen LogP contribution in [0.5, 0.6) is 0 Å². The third-order valence-electron chi connectivity index (χ3n) is 1.88. The topological polar surface area (TPSA) is 65.7 Å². The van der Waals surface area contributed by atoms with E-state index in [0.717, 1.165) is 11.1 Å². The van der Waals surface area contributed by atoms with Gasteiger partial charge < -0.3 is 9.97 Å². The van der Waals surface area contributed by atoms with Gasteiger partial charge in [0.1, 0.15) is 0 Å². The molecule has 0 radical (unpaired) electrons. The molecular formula is C16H26N2O2. The average Bonchev–Trinajstić information content (AvgIpc) is 2.50. The third kappa shape index (κ3) is 11.0. The first-order valence-electron chi connectivity index (χ1n) is 6.88. The van der Waals surface area contributed by atoms with E-state index >= 15 is 0 Å². The molecule has 0 fully saturated rings. The Morgan fingerprint density at radius 2 is 0.950 bits per heavy atom. The number of rotatable bonds is 0. The molecule has 0 aliphatic heterocycles. The van der Waals surface area contributed by atoms with Gasteiger partial charge >= 0.3 is 0 Å². The molecule has 0 saturated heterocycles. The molecule has 0 aliphatic carbocycles. The maximum Gasteiger partial charge on any atom is 0.247 e. The summed E-state index contributed by atoms with van der Waals surface area (Å²) in [6, 6.07) is 6.57. The van der Waals surface area contributed by atoms with E-state index in [4.69, 9.17) is 0 Å². The van der Waals surface area contributed by atoms with Gasteiger partial charge in [0.05, 0.1) is 0 Å². The lowest BCUT2D eigenvalue weighted by Crippen LogP contribution is -2.00. The van der Waals surface area contributed by atoms with Gasteiger partial charge in [-0.05, 0) is 25.0 Å². The molecule has 0 amide bonds. The summed E-state index contributed by atoms with van der Waals surface area (Å²) in [5, 5.41) is 0. The maximum absolute atomic E-state index is 10.4. The summed E-state index contributed by atoms with van der Waals surface area (Å²) in [4.78, 5) is 25.8. The molecule has 2 rings (SSSR count). The Kier molecular flexibility index (Phi) is 13.5. The van der Waals surface area contributed by atoms with Crippen LogP contribution in [0.15, 0.2) is 46.2 Å². The lowest BCUT2D eigenvalue weighted by molar-refractivity contribution is 1.20. The lowest BCUT2D eigenvalue weighted by Gasteiger charge is -1.83. The summed E-state index contributed by atoms with van der Waals surface area (Å²) >= 11 is 0. The number of aromatic amines is 2. The Bertz CT molecular complexity index is 464. The van der Waals surface area contributed by atoms with Gasteiger partial charge in [-0.1, -0.05) is 39.8 Å². The molecule has 4 heteroatoms. The molecule has 2 aromatic heterocycles. The molecule has 0 bridgehead atoms. The van der Waals surface area contributed by atoms with E-state index < -0.39 is 0 Å². The highest BCUT2D eigenvalue weighted by molar-refractivity contribution is 5.05. The first kappa shape index (κ1) is 20.2. The highest BCUT2D eigenvalue weighted by Crippen LogP contribution is 1.85. The number of aromatic nitrogens is 2. The van der Waals surface area contributed by atoms with E-state index in [1.54, 1.807) is 24.5 Å². The van der Waals surface area contributed by atoms with Crippen LogP contribution >= 0.6 is 0 Å². The van der Waals surface area contributed by atoms with Crippen LogP contribution in [0.25, 0.3) is 0 Å². The molecule has 0 saturated carbocycles. The van der Waals surface area contributed by atoms with Crippen LogP contribution in [-0.2, 0) is 0 Å². The van der Waals surface area contributed by atoms with Crippen LogP contribution in [0.4, 0.5) is 0 Å². The van der Waals surface area contributed by atoms with Crippen LogP contribution in [0.1, 0.15) is 38.8 Å². The maximum atomic E-state index is 10.4. The largest absolute Gasteiger partial charge is 0.329 e. The van der Waals surface area contributed by atoms with Gasteiger partial charge in [0.15, 0.2) is 0 Å². The molecule has 0 aliphatic rings. The van der Waals surface area contributed by atoms with Crippen molar-refractivity contribution in [3.63, 3.8) is 0 Å². The molecule has 2 heterocycles. The van der Waals surface area contributed by atoms with E-state index in [1.165, 1.54) is 12.1 Å². The van der Waals surface area contributed by atoms with Gasteiger partial charge in [0.2, 0.25) is 11.1 Å². The number of aryl methyl sites for hydroxylation is 2. The smallest absolute Gasteiger partial charge is 0.247 e. The predicted molar refractivity (Wildman–Crippen MR) is 86.3 cm³/mol. The van der Waals surface area contributed by atoms with Crippen LogP contribution in [0.3, 0.4) is 0 Å². The second-order valence-corrected chi connectivity index (χ2v) is 3.46. The minimum Gasteiger partial charge on any atom is -0.329 e. The van der Waals surface area contributed by atoms with E-state index in [2.05, 4.69) is 9.97 Å². The number of nitrogens with one attached hydrogen (secondary N) is 2. The normalized spacial score (nSPS) is 7.90. The lowest BCUT2D eigenvalue weighted by atomic mass is 10.3. The molecule has 112 valence electrons. The van der Waals surface area contributed by atoms with Gasteiger partial charge in [0.25, 0.3) is 0 Å². The fourth-order valence-electron chi connectivity index (χ4n) is 0.977. The highest BCUT2D eigenvalue weighted by Gasteiger charge is 1.79. The van der Waals surface area contributed by atoms with E-state index in [9.17, 15) is 9.59 Å². The van der Waals surface area contributed by atoms with Crippen molar-refractivity contribution in [2.45, 2.75) is 41.5 Å². The van der Waals surface area contributed by atoms with Crippen LogP contribution < -0.4 is 11.1 Å². The number of pyridine rings is 2. The first-order valence-corrected chi connectivity index (χ1v) is 6.88. The van der Waals surface area contributed by atoms with Crippen LogP contribution in [-0.4, -0.2) is 9.97 Å². The third-order valence-corrected chi connectivity index (χ3v) is 1.88. The van der Waals surface area contributed by atoms with Crippen molar-refractivity contribution in [1.29, 1.82) is 0 Å². The Morgan fingerprint density at radius 1 is 0.650 bits per heavy atom. The van der Waals surface area contributed by atoms with Gasteiger partial charge in [0, 0.05) is 24.5 Å². The van der Waals surface area contributed by atoms with E-state index in [0.29, 0.717) is 0 Å². The Balaban J connectivity index is 0. The van der Waals surface area contributed by atoms with Crippen molar-refractivity contribution in [3.05, 3.63) is 68.5 Å². The highest BCUT2D eigenvalue weighted by atomic mass is 16.1. The second-order valence-electron chi connectivity index (χ2n) is 3.46. The summed E-state index contributed by atoms with van der Waals surface area (Å²) in [6.07, 6.45) is 3.37. The number of hydrogen-bond acceptors (Lipinski definition) is 2. The minimum absolute atomic E-state index is 0.0457. The molecule has 0 atom stereocenters. The molecule has 0 unspecified atom stereocenters. The summed E-state index contributed by atoms with van der Waals surface area (Å²) in [7, 11) is 0. The fourth-order valence-corrected chi connectivity index (χ4v) is 0.977. The molecule has 20 heavy (non-hydrogen) atoms. The molecular weight excluding hydrogens is 252 g/mol. The fraction of sp³-hybridized carbons (Fsp3) is 0.375. The Hall–Kier alpha value is -2.10. The Morgan fingerprint density at radius 3 is 1.10 bits per heavy atom. The molecule has 2 N–H and O–H groups in total. The molecule has 0 spiro atoms. The zero-order valence-electron chi connectivity index (χ0n) is 13.3. The molecule has 4 nitrogen and oxygen atoms in total. The van der Waals surface area contributed by atoms with E-state index in [-0.39, 0.29) is 11.1 Å². The number of H-pyrrole nitrogens is 2. The van der Waals surface area contributed by atoms with Gasteiger partial charge in [-0.2, -0.15) is 0 Å². The predicted octanol–water partition coefficient (Wildman–Crippen LogP) is 3.42. The second kappa shape index (κ2) is 13.3. The van der Waals surface area contributed by atoms with E-state index in [1.807, 2.05) is 41.5 Å².